The molecule has 1 heterocycles. The number of nitrogens with one attached hydrogen (secondary N) is 1. The molecule has 1 N–H and O–H groups in total. The molecule has 3 aromatic rings. The number of nitrogens with zero attached hydrogens (tertiary/aromatic N) is 2. The van der Waals surface area contributed by atoms with Crippen LogP contribution in [0.4, 0.5) is 10.7 Å². The molecule has 2 aromatic carbocycles. The Balaban J connectivity index is 2.04. The van der Waals surface area contributed by atoms with Crippen molar-refractivity contribution in [2.45, 2.75) is 59.5 Å². The van der Waals surface area contributed by atoms with Gasteiger partial charge in [0.15, 0.2) is 5.78 Å². The van der Waals surface area contributed by atoms with Crippen LogP contribution in [0.25, 0.3) is 11.0 Å². The number of methoxy groups -OCH3 is 1. The fraction of sp³-hybridized carbons (Fsp3) is 0.400. The van der Waals surface area contributed by atoms with Crippen molar-refractivity contribution in [3.63, 3.8) is 0 Å². The molecule has 0 radical (unpaired) electrons. The Kier molecular flexibility index (Phi) is 8.05. The fourth-order valence-electron chi connectivity index (χ4n) is 3.26. The Morgan fingerprint density at radius 3 is 2.11 bits per heavy atom. The fourth-order valence-corrected chi connectivity index (χ4v) is 5.00. The van der Waals surface area contributed by atoms with Crippen molar-refractivity contribution in [3.8, 4) is 0 Å². The summed E-state index contributed by atoms with van der Waals surface area (Å²) in [5.74, 6) is -0.120. The van der Waals surface area contributed by atoms with Crippen LogP contribution in [0.5, 0.6) is 0 Å². The lowest BCUT2D eigenvalue weighted by molar-refractivity contribution is -0.00544. The van der Waals surface area contributed by atoms with Gasteiger partial charge in [0, 0.05) is 11.1 Å². The van der Waals surface area contributed by atoms with Gasteiger partial charge < -0.3 is 4.74 Å². The SMILES string of the molecule is COC(=O)Nc1nc2ccc(C(=O)c3ccccc3)cc2n1COP(=O)(OC(C)(C)C)OC(C)(C)C. The third-order valence-corrected chi connectivity index (χ3v) is 6.54. The third-order valence-electron chi connectivity index (χ3n) is 4.56. The second-order valence-electron chi connectivity index (χ2n) is 9.99. The maximum absolute atomic E-state index is 13.6. The number of rotatable bonds is 8. The van der Waals surface area contributed by atoms with Crippen LogP contribution in [-0.2, 0) is 29.6 Å². The van der Waals surface area contributed by atoms with Crippen molar-refractivity contribution in [3.05, 3.63) is 59.7 Å². The number of hydrogen-bond donors (Lipinski definition) is 1. The van der Waals surface area contributed by atoms with Gasteiger partial charge in [-0.15, -0.1) is 0 Å². The average molecular weight is 518 g/mol. The Morgan fingerprint density at radius 1 is 0.944 bits per heavy atom. The van der Waals surface area contributed by atoms with Crippen molar-refractivity contribution in [2.24, 2.45) is 0 Å². The lowest BCUT2D eigenvalue weighted by Crippen LogP contribution is -2.25. The van der Waals surface area contributed by atoms with Crippen LogP contribution in [0.1, 0.15) is 57.5 Å². The van der Waals surface area contributed by atoms with Gasteiger partial charge in [0.05, 0.1) is 29.3 Å². The largest absolute Gasteiger partial charge is 0.477 e. The van der Waals surface area contributed by atoms with E-state index in [4.69, 9.17) is 18.3 Å². The van der Waals surface area contributed by atoms with Crippen molar-refractivity contribution < 1.29 is 32.5 Å². The van der Waals surface area contributed by atoms with Crippen LogP contribution in [0.3, 0.4) is 0 Å². The molecule has 0 aliphatic rings. The van der Waals surface area contributed by atoms with Crippen molar-refractivity contribution in [2.75, 3.05) is 12.4 Å². The van der Waals surface area contributed by atoms with E-state index >= 15 is 0 Å². The molecule has 1 aromatic heterocycles. The molecule has 1 amide bonds. The maximum atomic E-state index is 13.6. The molecular formula is C25H32N3O7P. The highest BCUT2D eigenvalue weighted by atomic mass is 31.2. The maximum Gasteiger partial charge on any atom is 0.477 e. The summed E-state index contributed by atoms with van der Waals surface area (Å²) in [6.07, 6.45) is -0.757. The van der Waals surface area contributed by atoms with E-state index in [0.717, 1.165) is 0 Å². The van der Waals surface area contributed by atoms with Crippen LogP contribution < -0.4 is 5.32 Å². The molecule has 0 aliphatic heterocycles. The Hall–Kier alpha value is -3.04. The molecule has 10 nitrogen and oxygen atoms in total. The highest BCUT2D eigenvalue weighted by Gasteiger charge is 2.37. The second kappa shape index (κ2) is 10.5. The first-order valence-corrected chi connectivity index (χ1v) is 12.8. The topological polar surface area (TPSA) is 118 Å². The van der Waals surface area contributed by atoms with Gasteiger partial charge in [-0.05, 0) is 59.7 Å². The predicted octanol–water partition coefficient (Wildman–Crippen LogP) is 6.16. The number of carbonyl (C=O) groups excluding carboxylic acids is 2. The third kappa shape index (κ3) is 7.24. The minimum absolute atomic E-state index is 0.0687. The number of amides is 1. The molecule has 0 bridgehead atoms. The van der Waals surface area contributed by atoms with E-state index in [1.165, 1.54) is 11.7 Å². The minimum Gasteiger partial charge on any atom is -0.453 e. The van der Waals surface area contributed by atoms with Crippen LogP contribution in [0, 0.1) is 0 Å². The normalized spacial score (nSPS) is 12.5. The number of aromatic nitrogens is 2. The Labute approximate surface area is 210 Å². The van der Waals surface area contributed by atoms with E-state index in [0.29, 0.717) is 22.2 Å². The van der Waals surface area contributed by atoms with E-state index < -0.39 is 25.1 Å². The molecule has 3 rings (SSSR count). The molecule has 0 saturated carbocycles. The number of imidazole rings is 1. The smallest absolute Gasteiger partial charge is 0.453 e. The summed E-state index contributed by atoms with van der Waals surface area (Å²) in [6.45, 7) is 10.0. The molecular weight excluding hydrogens is 485 g/mol. The second-order valence-corrected chi connectivity index (χ2v) is 11.5. The summed E-state index contributed by atoms with van der Waals surface area (Å²) >= 11 is 0. The monoisotopic (exact) mass is 517 g/mol. The number of carbonyl (C=O) groups is 2. The van der Waals surface area contributed by atoms with E-state index in [9.17, 15) is 14.2 Å². The molecule has 0 spiro atoms. The van der Waals surface area contributed by atoms with Gasteiger partial charge in [0.2, 0.25) is 5.95 Å². The molecule has 36 heavy (non-hydrogen) atoms. The number of ketones is 1. The van der Waals surface area contributed by atoms with E-state index in [-0.39, 0.29) is 18.5 Å². The van der Waals surface area contributed by atoms with Gasteiger partial charge in [-0.25, -0.2) is 14.3 Å². The highest BCUT2D eigenvalue weighted by Crippen LogP contribution is 2.55. The van der Waals surface area contributed by atoms with Gasteiger partial charge in [0.25, 0.3) is 0 Å². The number of benzene rings is 2. The van der Waals surface area contributed by atoms with E-state index in [2.05, 4.69) is 10.3 Å². The zero-order chi connectivity index (χ0) is 26.7. The lowest BCUT2D eigenvalue weighted by atomic mass is 10.0. The zero-order valence-corrected chi connectivity index (χ0v) is 22.4. The van der Waals surface area contributed by atoms with Crippen LogP contribution >= 0.6 is 7.82 Å². The van der Waals surface area contributed by atoms with E-state index in [1.807, 2.05) is 6.07 Å². The molecule has 0 atom stereocenters. The van der Waals surface area contributed by atoms with Crippen LogP contribution in [0.15, 0.2) is 48.5 Å². The van der Waals surface area contributed by atoms with Crippen LogP contribution in [-0.4, -0.2) is 39.7 Å². The molecule has 194 valence electrons. The van der Waals surface area contributed by atoms with E-state index in [1.54, 1.807) is 84.0 Å². The molecule has 0 fully saturated rings. The highest BCUT2D eigenvalue weighted by molar-refractivity contribution is 7.48. The van der Waals surface area contributed by atoms with Crippen LogP contribution in [0.2, 0.25) is 0 Å². The number of anilines is 1. The van der Waals surface area contributed by atoms with Gasteiger partial charge >= 0.3 is 13.9 Å². The minimum atomic E-state index is -4.08. The Bertz CT molecular complexity index is 1270. The Morgan fingerprint density at radius 2 is 1.56 bits per heavy atom. The lowest BCUT2D eigenvalue weighted by Gasteiger charge is -2.31. The summed E-state index contributed by atoms with van der Waals surface area (Å²) in [4.78, 5) is 29.4. The first kappa shape index (κ1) is 27.5. The number of fused-ring (bicyclic) bond motifs is 1. The van der Waals surface area contributed by atoms with Gasteiger partial charge in [-0.1, -0.05) is 30.3 Å². The number of phosphoric acid groups is 1. The summed E-state index contributed by atoms with van der Waals surface area (Å²) in [5, 5.41) is 2.52. The first-order chi connectivity index (χ1) is 16.7. The van der Waals surface area contributed by atoms with Crippen molar-refractivity contribution >= 4 is 36.7 Å². The van der Waals surface area contributed by atoms with Gasteiger partial charge in [0.1, 0.15) is 6.73 Å². The standard InChI is InChI=1S/C25H32N3O7P/c1-24(2,3)34-36(31,35-25(4,5)6)33-16-28-20-15-18(21(29)17-11-9-8-10-12-17)13-14-19(20)26-22(28)27-23(30)32-7/h8-15H,16H2,1-7H3,(H,26,27,30). The summed E-state index contributed by atoms with van der Waals surface area (Å²) in [7, 11) is -2.86. The summed E-state index contributed by atoms with van der Waals surface area (Å²) < 4.78 is 36.8. The number of phosphoric ester groups is 1. The van der Waals surface area contributed by atoms with Crippen molar-refractivity contribution in [1.29, 1.82) is 0 Å². The number of ether oxygens (including phenoxy) is 1. The van der Waals surface area contributed by atoms with Crippen molar-refractivity contribution in [1.82, 2.24) is 9.55 Å². The zero-order valence-electron chi connectivity index (χ0n) is 21.5. The quantitative estimate of drug-likeness (QED) is 0.279. The summed E-state index contributed by atoms with van der Waals surface area (Å²) in [5.41, 5.74) is 0.188. The molecule has 11 heteroatoms. The molecule has 0 unspecified atom stereocenters. The molecule has 0 saturated heterocycles. The van der Waals surface area contributed by atoms with Gasteiger partial charge in [-0.2, -0.15) is 0 Å². The predicted molar refractivity (Wildman–Crippen MR) is 136 cm³/mol. The average Bonchev–Trinajstić information content (AvgIpc) is 3.11. The van der Waals surface area contributed by atoms with Gasteiger partial charge in [-0.3, -0.25) is 28.2 Å². The first-order valence-electron chi connectivity index (χ1n) is 11.3. The number of hydrogen-bond acceptors (Lipinski definition) is 8. The molecule has 0 aliphatic carbocycles. The summed E-state index contributed by atoms with van der Waals surface area (Å²) in [6, 6.07) is 13.8.